The molecule has 0 aliphatic carbocycles. The number of ether oxygens (including phenoxy) is 1. The van der Waals surface area contributed by atoms with E-state index in [0.717, 1.165) is 6.08 Å². The smallest absolute Gasteiger partial charge is 0.328 e. The van der Waals surface area contributed by atoms with Crippen molar-refractivity contribution in [1.82, 2.24) is 0 Å². The lowest BCUT2D eigenvalue weighted by atomic mass is 10.2. The van der Waals surface area contributed by atoms with Crippen LogP contribution in [-0.4, -0.2) is 37.6 Å². The Morgan fingerprint density at radius 1 is 1.43 bits per heavy atom. The summed E-state index contributed by atoms with van der Waals surface area (Å²) in [5.41, 5.74) is 0.642. The molecule has 0 unspecified atom stereocenters. The van der Waals surface area contributed by atoms with Gasteiger partial charge < -0.3 is 9.84 Å². The number of hydrogen-bond acceptors (Lipinski definition) is 4. The Bertz CT molecular complexity index is 622. The van der Waals surface area contributed by atoms with Gasteiger partial charge in [-0.2, -0.15) is 0 Å². The quantitative estimate of drug-likeness (QED) is 0.584. The van der Waals surface area contributed by atoms with E-state index in [1.165, 1.54) is 6.08 Å². The minimum Gasteiger partial charge on any atom is -0.492 e. The molecule has 0 heterocycles. The molecule has 116 valence electrons. The van der Waals surface area contributed by atoms with Gasteiger partial charge in [-0.25, -0.2) is 13.2 Å². The highest BCUT2D eigenvalue weighted by molar-refractivity contribution is 7.91. The van der Waals surface area contributed by atoms with E-state index in [2.05, 4.69) is 0 Å². The minimum atomic E-state index is -2.98. The Hall–Kier alpha value is -1.53. The number of benzene rings is 1. The lowest BCUT2D eigenvalue weighted by Crippen LogP contribution is -2.11. The Kier molecular flexibility index (Phi) is 6.71. The van der Waals surface area contributed by atoms with Gasteiger partial charge in [0.25, 0.3) is 0 Å². The van der Waals surface area contributed by atoms with Crippen LogP contribution in [0, 0.1) is 0 Å². The summed E-state index contributed by atoms with van der Waals surface area (Å²) >= 11 is 6.02. The average molecular weight is 333 g/mol. The van der Waals surface area contributed by atoms with Crippen molar-refractivity contribution >= 4 is 33.5 Å². The minimum absolute atomic E-state index is 0.0839. The first kappa shape index (κ1) is 17.5. The van der Waals surface area contributed by atoms with Crippen LogP contribution >= 0.6 is 11.6 Å². The number of aliphatic carboxylic acids is 1. The van der Waals surface area contributed by atoms with Gasteiger partial charge in [0, 0.05) is 11.8 Å². The third-order valence-corrected chi connectivity index (χ3v) is 4.76. The van der Waals surface area contributed by atoms with Crippen LogP contribution in [0.2, 0.25) is 5.02 Å². The second kappa shape index (κ2) is 8.05. The highest BCUT2D eigenvalue weighted by Gasteiger charge is 2.07. The van der Waals surface area contributed by atoms with Crippen LogP contribution < -0.4 is 4.74 Å². The van der Waals surface area contributed by atoms with E-state index in [-0.39, 0.29) is 18.1 Å². The maximum Gasteiger partial charge on any atom is 0.328 e. The number of carbonyl (C=O) groups is 1. The Labute approximate surface area is 129 Å². The highest BCUT2D eigenvalue weighted by Crippen LogP contribution is 2.26. The fraction of sp³-hybridized carbons (Fsp3) is 0.357. The van der Waals surface area contributed by atoms with Gasteiger partial charge in [0.15, 0.2) is 0 Å². The molecule has 5 nitrogen and oxygen atoms in total. The summed E-state index contributed by atoms with van der Waals surface area (Å²) in [6.07, 6.45) is 2.83. The number of sulfone groups is 1. The van der Waals surface area contributed by atoms with Crippen LogP contribution in [0.25, 0.3) is 6.08 Å². The summed E-state index contributed by atoms with van der Waals surface area (Å²) in [5.74, 6) is -0.388. The molecule has 0 radical (unpaired) electrons. The molecule has 0 saturated heterocycles. The standard InChI is InChI=1S/C14H17ClO5S/c1-2-21(18,19)9-3-8-20-13-6-4-11(10-12(13)15)5-7-14(16)17/h4-7,10H,2-3,8-9H2,1H3,(H,16,17). The molecule has 1 N–H and O–H groups in total. The molecule has 0 fully saturated rings. The molecule has 1 aromatic carbocycles. The lowest BCUT2D eigenvalue weighted by molar-refractivity contribution is -0.131. The molecule has 0 aliphatic heterocycles. The predicted molar refractivity (Wildman–Crippen MR) is 82.6 cm³/mol. The lowest BCUT2D eigenvalue weighted by Gasteiger charge is -2.08. The van der Waals surface area contributed by atoms with Crippen molar-refractivity contribution in [3.8, 4) is 5.75 Å². The van der Waals surface area contributed by atoms with E-state index < -0.39 is 15.8 Å². The molecule has 21 heavy (non-hydrogen) atoms. The van der Waals surface area contributed by atoms with E-state index in [4.69, 9.17) is 21.4 Å². The van der Waals surface area contributed by atoms with Gasteiger partial charge in [0.1, 0.15) is 15.6 Å². The second-order valence-electron chi connectivity index (χ2n) is 4.30. The van der Waals surface area contributed by atoms with E-state index >= 15 is 0 Å². The van der Waals surface area contributed by atoms with E-state index in [9.17, 15) is 13.2 Å². The second-order valence-corrected chi connectivity index (χ2v) is 7.18. The molecule has 0 aromatic heterocycles. The van der Waals surface area contributed by atoms with Crippen molar-refractivity contribution in [3.05, 3.63) is 34.9 Å². The molecular formula is C14H17ClO5S. The van der Waals surface area contributed by atoms with Gasteiger partial charge in [0.2, 0.25) is 0 Å². The average Bonchev–Trinajstić information content (AvgIpc) is 2.43. The normalized spacial score (nSPS) is 11.7. The van der Waals surface area contributed by atoms with Crippen molar-refractivity contribution in [2.75, 3.05) is 18.1 Å². The van der Waals surface area contributed by atoms with Crippen LogP contribution in [0.5, 0.6) is 5.75 Å². The summed E-state index contributed by atoms with van der Waals surface area (Å²) in [7, 11) is -2.98. The number of carboxylic acid groups (broad SMARTS) is 1. The Balaban J connectivity index is 2.55. The van der Waals surface area contributed by atoms with Crippen LogP contribution in [0.4, 0.5) is 0 Å². The summed E-state index contributed by atoms with van der Waals surface area (Å²) in [6, 6.07) is 4.88. The maximum atomic E-state index is 11.3. The van der Waals surface area contributed by atoms with Gasteiger partial charge in [-0.3, -0.25) is 0 Å². The summed E-state index contributed by atoms with van der Waals surface area (Å²) in [4.78, 5) is 10.4. The van der Waals surface area contributed by atoms with Gasteiger partial charge in [-0.05, 0) is 30.2 Å². The molecule has 0 bridgehead atoms. The molecular weight excluding hydrogens is 316 g/mol. The molecule has 0 aliphatic rings. The topological polar surface area (TPSA) is 80.7 Å². The number of carboxylic acids is 1. The zero-order valence-corrected chi connectivity index (χ0v) is 13.2. The third kappa shape index (κ3) is 6.64. The van der Waals surface area contributed by atoms with E-state index in [0.29, 0.717) is 22.8 Å². The third-order valence-electron chi connectivity index (χ3n) is 2.67. The fourth-order valence-electron chi connectivity index (χ4n) is 1.51. The van der Waals surface area contributed by atoms with Crippen molar-refractivity contribution in [2.45, 2.75) is 13.3 Å². The molecule has 7 heteroatoms. The number of halogens is 1. The number of rotatable bonds is 8. The molecule has 0 atom stereocenters. The van der Waals surface area contributed by atoms with Crippen LogP contribution in [-0.2, 0) is 14.6 Å². The molecule has 0 saturated carbocycles. The van der Waals surface area contributed by atoms with Crippen molar-refractivity contribution in [1.29, 1.82) is 0 Å². The number of hydrogen-bond donors (Lipinski definition) is 1. The van der Waals surface area contributed by atoms with Gasteiger partial charge in [-0.1, -0.05) is 24.6 Å². The first-order valence-electron chi connectivity index (χ1n) is 6.38. The van der Waals surface area contributed by atoms with E-state index in [1.807, 2.05) is 0 Å². The van der Waals surface area contributed by atoms with Gasteiger partial charge in [0.05, 0.1) is 17.4 Å². The molecule has 1 aromatic rings. The van der Waals surface area contributed by atoms with Gasteiger partial charge >= 0.3 is 5.97 Å². The predicted octanol–water partition coefficient (Wildman–Crippen LogP) is 2.64. The van der Waals surface area contributed by atoms with E-state index in [1.54, 1.807) is 25.1 Å². The van der Waals surface area contributed by atoms with Crippen molar-refractivity contribution < 1.29 is 23.1 Å². The molecule has 0 amide bonds. The van der Waals surface area contributed by atoms with Crippen molar-refractivity contribution in [3.63, 3.8) is 0 Å². The molecule has 0 spiro atoms. The zero-order chi connectivity index (χ0) is 15.9. The molecule has 1 rings (SSSR count). The summed E-state index contributed by atoms with van der Waals surface area (Å²) < 4.78 is 28.0. The summed E-state index contributed by atoms with van der Waals surface area (Å²) in [5, 5.41) is 8.88. The largest absolute Gasteiger partial charge is 0.492 e. The van der Waals surface area contributed by atoms with Gasteiger partial charge in [-0.15, -0.1) is 0 Å². The van der Waals surface area contributed by atoms with Crippen LogP contribution in [0.1, 0.15) is 18.9 Å². The zero-order valence-electron chi connectivity index (χ0n) is 11.6. The first-order valence-corrected chi connectivity index (χ1v) is 8.58. The SMILES string of the molecule is CCS(=O)(=O)CCCOc1ccc(C=CC(=O)O)cc1Cl. The Morgan fingerprint density at radius 3 is 2.71 bits per heavy atom. The fourth-order valence-corrected chi connectivity index (χ4v) is 2.60. The van der Waals surface area contributed by atoms with Crippen LogP contribution in [0.15, 0.2) is 24.3 Å². The Morgan fingerprint density at radius 2 is 2.14 bits per heavy atom. The highest BCUT2D eigenvalue weighted by atomic mass is 35.5. The van der Waals surface area contributed by atoms with Crippen LogP contribution in [0.3, 0.4) is 0 Å². The summed E-state index contributed by atoms with van der Waals surface area (Å²) in [6.45, 7) is 1.86. The maximum absolute atomic E-state index is 11.3. The van der Waals surface area contributed by atoms with Crippen molar-refractivity contribution in [2.24, 2.45) is 0 Å². The monoisotopic (exact) mass is 332 g/mol. The first-order chi connectivity index (χ1) is 9.84.